The van der Waals surface area contributed by atoms with Crippen LogP contribution in [0, 0.1) is 0 Å². The number of anilines is 1. The molecule has 1 aromatic heterocycles. The van der Waals surface area contributed by atoms with Gasteiger partial charge in [-0.3, -0.25) is 0 Å². The Morgan fingerprint density at radius 2 is 1.84 bits per heavy atom. The molecule has 5 rings (SSSR count). The van der Waals surface area contributed by atoms with Gasteiger partial charge in [0.25, 0.3) is 15.9 Å². The summed E-state index contributed by atoms with van der Waals surface area (Å²) in [5, 5.41) is 5.12. The minimum absolute atomic E-state index is 0.123. The van der Waals surface area contributed by atoms with Crippen LogP contribution in [0.2, 0.25) is 5.02 Å². The van der Waals surface area contributed by atoms with Gasteiger partial charge in [-0.1, -0.05) is 29.8 Å². The highest BCUT2D eigenvalue weighted by atomic mass is 35.5. The third-order valence-electron chi connectivity index (χ3n) is 6.13. The molecule has 1 aliphatic carbocycles. The topological polar surface area (TPSA) is 55.2 Å². The van der Waals surface area contributed by atoms with E-state index in [9.17, 15) is 21.6 Å². The molecule has 0 bridgehead atoms. The summed E-state index contributed by atoms with van der Waals surface area (Å²) in [4.78, 5) is 1.65. The number of aromatic nitrogens is 2. The summed E-state index contributed by atoms with van der Waals surface area (Å²) < 4.78 is 68.9. The minimum Gasteiger partial charge on any atom is -0.346 e. The molecule has 164 valence electrons. The number of alkyl halides is 3. The Morgan fingerprint density at radius 1 is 1.16 bits per heavy atom. The largest absolute Gasteiger partial charge is 0.346 e. The molecule has 1 saturated carbocycles. The smallest absolute Gasteiger partial charge is 0.283 e. The van der Waals surface area contributed by atoms with Crippen molar-refractivity contribution in [1.29, 1.82) is 0 Å². The van der Waals surface area contributed by atoms with E-state index in [1.807, 2.05) is 4.90 Å². The lowest BCUT2D eigenvalue weighted by Gasteiger charge is -2.24. The first-order chi connectivity index (χ1) is 14.5. The van der Waals surface area contributed by atoms with E-state index in [0.717, 1.165) is 48.1 Å². The zero-order chi connectivity index (χ0) is 22.2. The van der Waals surface area contributed by atoms with Crippen LogP contribution in [-0.4, -0.2) is 35.9 Å². The first kappa shape index (κ1) is 20.6. The van der Waals surface area contributed by atoms with Crippen LogP contribution in [0.3, 0.4) is 0 Å². The summed E-state index contributed by atoms with van der Waals surface area (Å²) >= 11 is 6.42. The van der Waals surface area contributed by atoms with Gasteiger partial charge < -0.3 is 4.90 Å². The fourth-order valence-electron chi connectivity index (χ4n) is 4.38. The Labute approximate surface area is 182 Å². The van der Waals surface area contributed by atoms with Crippen LogP contribution < -0.4 is 4.90 Å². The Hall–Kier alpha value is -2.26. The predicted octanol–water partition coefficient (Wildman–Crippen LogP) is 5.12. The highest BCUT2D eigenvalue weighted by molar-refractivity contribution is 7.90. The predicted molar refractivity (Wildman–Crippen MR) is 112 cm³/mol. The highest BCUT2D eigenvalue weighted by Crippen LogP contribution is 2.53. The number of fused-ring (bicyclic) bond motifs is 1. The quantitative estimate of drug-likeness (QED) is 0.532. The molecule has 1 spiro atoms. The summed E-state index contributed by atoms with van der Waals surface area (Å²) in [5.41, 5.74) is -0.379. The van der Waals surface area contributed by atoms with Crippen molar-refractivity contribution < 1.29 is 21.6 Å². The van der Waals surface area contributed by atoms with Crippen LogP contribution in [0.5, 0.6) is 0 Å². The molecule has 1 saturated heterocycles. The van der Waals surface area contributed by atoms with Gasteiger partial charge in [-0.2, -0.15) is 12.5 Å². The maximum absolute atomic E-state index is 14.2. The van der Waals surface area contributed by atoms with Gasteiger partial charge in [0.1, 0.15) is 6.17 Å². The van der Waals surface area contributed by atoms with Crippen LogP contribution in [-0.2, 0) is 15.9 Å². The van der Waals surface area contributed by atoms with E-state index in [0.29, 0.717) is 22.6 Å². The maximum atomic E-state index is 14.2. The Bertz CT molecular complexity index is 1280. The molecule has 2 aromatic carbocycles. The standard InChI is InChI=1S/C21H19ClF3N3O2S/c1-20(24,25)13-5-7-15(8-6-13)31(29,30)28-17-4-2-3-16(22)18(17)19(26-28)27-12-14(23)11-21(27)9-10-21/h2-8,14H,9-12H2,1H3. The number of halogens is 4. The van der Waals surface area contributed by atoms with Crippen molar-refractivity contribution in [3.05, 3.63) is 53.1 Å². The second-order valence-corrected chi connectivity index (χ2v) is 10.5. The van der Waals surface area contributed by atoms with Gasteiger partial charge in [-0.25, -0.2) is 13.2 Å². The van der Waals surface area contributed by atoms with Crippen LogP contribution in [0.4, 0.5) is 19.0 Å². The SMILES string of the molecule is CC(F)(F)c1ccc(S(=O)(=O)n2nc(N3CC(F)CC34CC4)c3c(Cl)cccc32)cc1. The molecular formula is C21H19ClF3N3O2S. The monoisotopic (exact) mass is 469 g/mol. The highest BCUT2D eigenvalue weighted by Gasteiger charge is 2.55. The molecule has 0 N–H and O–H groups in total. The fourth-order valence-corrected chi connectivity index (χ4v) is 5.91. The van der Waals surface area contributed by atoms with Crippen molar-refractivity contribution in [2.75, 3.05) is 11.4 Å². The minimum atomic E-state index is -4.20. The average Bonchev–Trinajstić information content (AvgIpc) is 3.23. The van der Waals surface area contributed by atoms with Gasteiger partial charge in [0.05, 0.1) is 27.4 Å². The Balaban J connectivity index is 1.66. The summed E-state index contributed by atoms with van der Waals surface area (Å²) in [6.45, 7) is 0.866. The molecule has 10 heteroatoms. The van der Waals surface area contributed by atoms with E-state index >= 15 is 0 Å². The molecule has 2 aliphatic rings. The van der Waals surface area contributed by atoms with Gasteiger partial charge in [0.15, 0.2) is 5.82 Å². The lowest BCUT2D eigenvalue weighted by atomic mass is 10.1. The molecule has 0 amide bonds. The van der Waals surface area contributed by atoms with Gasteiger partial charge >= 0.3 is 0 Å². The van der Waals surface area contributed by atoms with Crippen LogP contribution in [0.15, 0.2) is 47.4 Å². The van der Waals surface area contributed by atoms with E-state index < -0.39 is 22.1 Å². The maximum Gasteiger partial charge on any atom is 0.283 e. The van der Waals surface area contributed by atoms with Gasteiger partial charge in [-0.15, -0.1) is 5.10 Å². The van der Waals surface area contributed by atoms with Crippen molar-refractivity contribution in [3.63, 3.8) is 0 Å². The van der Waals surface area contributed by atoms with Crippen molar-refractivity contribution in [2.24, 2.45) is 0 Å². The van der Waals surface area contributed by atoms with E-state index in [1.165, 1.54) is 0 Å². The molecule has 3 aromatic rings. The van der Waals surface area contributed by atoms with Gasteiger partial charge in [-0.05, 0) is 37.1 Å². The number of hydrogen-bond donors (Lipinski definition) is 0. The lowest BCUT2D eigenvalue weighted by Crippen LogP contribution is -2.32. The van der Waals surface area contributed by atoms with Crippen molar-refractivity contribution in [3.8, 4) is 0 Å². The van der Waals surface area contributed by atoms with E-state index in [1.54, 1.807) is 18.2 Å². The van der Waals surface area contributed by atoms with Crippen molar-refractivity contribution in [1.82, 2.24) is 9.19 Å². The molecule has 5 nitrogen and oxygen atoms in total. The summed E-state index contributed by atoms with van der Waals surface area (Å²) in [6, 6.07) is 9.25. The number of benzene rings is 2. The zero-order valence-corrected chi connectivity index (χ0v) is 18.1. The number of hydrogen-bond acceptors (Lipinski definition) is 4. The van der Waals surface area contributed by atoms with Crippen molar-refractivity contribution >= 4 is 38.3 Å². The van der Waals surface area contributed by atoms with Crippen molar-refractivity contribution in [2.45, 2.75) is 48.7 Å². The molecule has 1 aliphatic heterocycles. The van der Waals surface area contributed by atoms with E-state index in [-0.39, 0.29) is 28.1 Å². The first-order valence-electron chi connectivity index (χ1n) is 9.86. The van der Waals surface area contributed by atoms with Crippen LogP contribution >= 0.6 is 11.6 Å². The van der Waals surface area contributed by atoms with Crippen LogP contribution in [0.25, 0.3) is 10.9 Å². The fraction of sp³-hybridized carbons (Fsp3) is 0.381. The molecular weight excluding hydrogens is 451 g/mol. The van der Waals surface area contributed by atoms with Crippen LogP contribution in [0.1, 0.15) is 31.7 Å². The number of nitrogens with zero attached hydrogens (tertiary/aromatic N) is 3. The number of rotatable bonds is 4. The van der Waals surface area contributed by atoms with E-state index in [4.69, 9.17) is 11.6 Å². The second kappa shape index (κ2) is 6.62. The summed E-state index contributed by atoms with van der Waals surface area (Å²) in [5.74, 6) is -2.75. The summed E-state index contributed by atoms with van der Waals surface area (Å²) in [7, 11) is -4.20. The Kier molecular flexibility index (Phi) is 4.41. The third-order valence-corrected chi connectivity index (χ3v) is 8.05. The molecule has 31 heavy (non-hydrogen) atoms. The van der Waals surface area contributed by atoms with Gasteiger partial charge in [0, 0.05) is 24.4 Å². The first-order valence-corrected chi connectivity index (χ1v) is 11.7. The molecule has 2 fully saturated rings. The lowest BCUT2D eigenvalue weighted by molar-refractivity contribution is 0.0174. The van der Waals surface area contributed by atoms with E-state index in [2.05, 4.69) is 5.10 Å². The third kappa shape index (κ3) is 3.20. The Morgan fingerprint density at radius 3 is 2.45 bits per heavy atom. The molecule has 1 unspecified atom stereocenters. The molecule has 0 radical (unpaired) electrons. The summed E-state index contributed by atoms with van der Waals surface area (Å²) in [6.07, 6.45) is 0.979. The van der Waals surface area contributed by atoms with Gasteiger partial charge in [0.2, 0.25) is 0 Å². The molecule has 1 atom stereocenters. The average molecular weight is 470 g/mol. The molecule has 2 heterocycles. The zero-order valence-electron chi connectivity index (χ0n) is 16.5. The normalized spacial score (nSPS) is 20.7. The second-order valence-electron chi connectivity index (χ2n) is 8.35.